The maximum atomic E-state index is 11.1. The molecule has 0 heterocycles. The van der Waals surface area contributed by atoms with Crippen LogP contribution in [0.1, 0.15) is 52.9 Å². The van der Waals surface area contributed by atoms with Crippen molar-refractivity contribution in [2.75, 3.05) is 12.8 Å². The van der Waals surface area contributed by atoms with E-state index < -0.39 is 25.5 Å². The molecular weight excluding hydrogens is 299 g/mol. The summed E-state index contributed by atoms with van der Waals surface area (Å²) in [6.07, 6.45) is 4.09. The summed E-state index contributed by atoms with van der Waals surface area (Å²) in [5.41, 5.74) is 0. The van der Waals surface area contributed by atoms with E-state index in [-0.39, 0.29) is 6.42 Å². The highest BCUT2D eigenvalue weighted by molar-refractivity contribution is 7.52. The van der Waals surface area contributed by atoms with Gasteiger partial charge in [0.05, 0.1) is 18.9 Å². The van der Waals surface area contributed by atoms with Gasteiger partial charge in [-0.25, -0.2) is 0 Å². The molecule has 0 rings (SSSR count). The molecule has 0 aliphatic rings. The molecule has 0 saturated heterocycles. The van der Waals surface area contributed by atoms with Crippen LogP contribution in [0, 0.1) is 5.92 Å². The predicted octanol–water partition coefficient (Wildman–Crippen LogP) is 2.97. The molecule has 3 N–H and O–H groups in total. The third-order valence-electron chi connectivity index (χ3n) is 2.53. The normalized spacial score (nSPS) is 14.5. The zero-order valence-electron chi connectivity index (χ0n) is 12.9. The van der Waals surface area contributed by atoms with Crippen molar-refractivity contribution in [3.8, 4) is 0 Å². The Morgan fingerprint density at radius 1 is 1.14 bits per heavy atom. The Labute approximate surface area is 125 Å². The Balaban J connectivity index is 0. The van der Waals surface area contributed by atoms with Gasteiger partial charge in [-0.2, -0.15) is 0 Å². The lowest BCUT2D eigenvalue weighted by molar-refractivity contribution is -0.147. The molecule has 0 saturated carbocycles. The summed E-state index contributed by atoms with van der Waals surface area (Å²) in [6.45, 7) is 5.52. The minimum absolute atomic E-state index is 0.306. The SMILES string of the molecule is CC(CC(=O)O)C(=O)O.CCCCCCP(=O)(O)OCC. The van der Waals surface area contributed by atoms with Gasteiger partial charge < -0.3 is 19.6 Å². The highest BCUT2D eigenvalue weighted by Gasteiger charge is 2.16. The van der Waals surface area contributed by atoms with Crippen molar-refractivity contribution in [1.82, 2.24) is 0 Å². The Morgan fingerprint density at radius 2 is 1.71 bits per heavy atom. The molecule has 0 aromatic rings. The van der Waals surface area contributed by atoms with Gasteiger partial charge in [0, 0.05) is 6.16 Å². The molecule has 0 aromatic heterocycles. The van der Waals surface area contributed by atoms with E-state index in [1.165, 1.54) is 6.92 Å². The van der Waals surface area contributed by atoms with Crippen LogP contribution in [0.5, 0.6) is 0 Å². The monoisotopic (exact) mass is 326 g/mol. The molecule has 126 valence electrons. The molecule has 21 heavy (non-hydrogen) atoms. The van der Waals surface area contributed by atoms with Crippen molar-refractivity contribution in [3.05, 3.63) is 0 Å². The van der Waals surface area contributed by atoms with E-state index in [2.05, 4.69) is 6.92 Å². The Hall–Kier alpha value is -0.910. The van der Waals surface area contributed by atoms with Crippen LogP contribution in [-0.2, 0) is 18.7 Å². The first-order valence-electron chi connectivity index (χ1n) is 7.07. The van der Waals surface area contributed by atoms with Gasteiger partial charge in [0.15, 0.2) is 0 Å². The van der Waals surface area contributed by atoms with Crippen LogP contribution in [0.4, 0.5) is 0 Å². The van der Waals surface area contributed by atoms with E-state index in [0.29, 0.717) is 12.8 Å². The molecule has 2 unspecified atom stereocenters. The van der Waals surface area contributed by atoms with Crippen LogP contribution >= 0.6 is 7.60 Å². The lowest BCUT2D eigenvalue weighted by Crippen LogP contribution is -2.13. The third-order valence-corrected chi connectivity index (χ3v) is 4.07. The van der Waals surface area contributed by atoms with Crippen LogP contribution in [-0.4, -0.2) is 39.8 Å². The van der Waals surface area contributed by atoms with Gasteiger partial charge in [-0.05, 0) is 13.3 Å². The summed E-state index contributed by atoms with van der Waals surface area (Å²) in [5.74, 6) is -2.94. The zero-order chi connectivity index (χ0) is 16.9. The fraction of sp³-hybridized carbons (Fsp3) is 0.846. The topological polar surface area (TPSA) is 121 Å². The number of carbonyl (C=O) groups is 2. The van der Waals surface area contributed by atoms with Crippen molar-refractivity contribution in [1.29, 1.82) is 0 Å². The Kier molecular flexibility index (Phi) is 13.6. The summed E-state index contributed by atoms with van der Waals surface area (Å²) in [7, 11) is -3.23. The number of carboxylic acids is 2. The molecule has 0 bridgehead atoms. The van der Waals surface area contributed by atoms with Crippen molar-refractivity contribution < 1.29 is 33.8 Å². The average molecular weight is 326 g/mol. The van der Waals surface area contributed by atoms with Crippen molar-refractivity contribution in [2.24, 2.45) is 5.92 Å². The smallest absolute Gasteiger partial charge is 0.328 e. The summed E-state index contributed by atoms with van der Waals surface area (Å²) < 4.78 is 15.8. The zero-order valence-corrected chi connectivity index (χ0v) is 13.8. The maximum absolute atomic E-state index is 11.1. The van der Waals surface area contributed by atoms with Crippen LogP contribution in [0.2, 0.25) is 0 Å². The number of aliphatic carboxylic acids is 2. The lowest BCUT2D eigenvalue weighted by Gasteiger charge is -2.09. The van der Waals surface area contributed by atoms with Gasteiger partial charge in [-0.3, -0.25) is 14.2 Å². The number of carboxylic acid groups (broad SMARTS) is 2. The van der Waals surface area contributed by atoms with Gasteiger partial charge in [0.25, 0.3) is 0 Å². The van der Waals surface area contributed by atoms with E-state index in [1.54, 1.807) is 6.92 Å². The number of unbranched alkanes of at least 4 members (excludes halogenated alkanes) is 3. The predicted molar refractivity (Wildman–Crippen MR) is 79.5 cm³/mol. The van der Waals surface area contributed by atoms with Gasteiger partial charge in [0.2, 0.25) is 0 Å². The van der Waals surface area contributed by atoms with E-state index in [4.69, 9.17) is 19.6 Å². The van der Waals surface area contributed by atoms with Gasteiger partial charge >= 0.3 is 19.5 Å². The second kappa shape index (κ2) is 12.8. The molecule has 0 aliphatic carbocycles. The molecule has 0 radical (unpaired) electrons. The molecule has 8 heteroatoms. The fourth-order valence-corrected chi connectivity index (χ4v) is 2.51. The molecule has 0 fully saturated rings. The molecule has 0 spiro atoms. The Bertz CT molecular complexity index is 343. The molecule has 2 atom stereocenters. The third kappa shape index (κ3) is 17.0. The summed E-state index contributed by atoms with van der Waals surface area (Å²) in [4.78, 5) is 29.0. The van der Waals surface area contributed by atoms with Crippen LogP contribution < -0.4 is 0 Å². The van der Waals surface area contributed by atoms with E-state index in [1.807, 2.05) is 0 Å². The maximum Gasteiger partial charge on any atom is 0.328 e. The summed E-state index contributed by atoms with van der Waals surface area (Å²) in [5, 5.41) is 16.2. The second-order valence-corrected chi connectivity index (χ2v) is 6.66. The van der Waals surface area contributed by atoms with Crippen molar-refractivity contribution in [2.45, 2.75) is 52.9 Å². The second-order valence-electron chi connectivity index (χ2n) is 4.68. The number of hydrogen-bond donors (Lipinski definition) is 3. The molecule has 0 aliphatic heterocycles. The molecule has 0 amide bonds. The van der Waals surface area contributed by atoms with Gasteiger partial charge in [0.1, 0.15) is 0 Å². The fourth-order valence-electron chi connectivity index (χ4n) is 1.35. The van der Waals surface area contributed by atoms with Crippen molar-refractivity contribution in [3.63, 3.8) is 0 Å². The highest BCUT2D eigenvalue weighted by Crippen LogP contribution is 2.42. The van der Waals surface area contributed by atoms with Crippen LogP contribution in [0.3, 0.4) is 0 Å². The van der Waals surface area contributed by atoms with E-state index in [9.17, 15) is 14.2 Å². The number of hydrogen-bond acceptors (Lipinski definition) is 4. The van der Waals surface area contributed by atoms with Crippen LogP contribution in [0.25, 0.3) is 0 Å². The van der Waals surface area contributed by atoms with Crippen LogP contribution in [0.15, 0.2) is 0 Å². The molecule has 7 nitrogen and oxygen atoms in total. The average Bonchev–Trinajstić information content (AvgIpc) is 2.34. The minimum Gasteiger partial charge on any atom is -0.481 e. The van der Waals surface area contributed by atoms with Crippen molar-refractivity contribution >= 4 is 19.5 Å². The first-order chi connectivity index (χ1) is 9.66. The minimum atomic E-state index is -3.23. The highest BCUT2D eigenvalue weighted by atomic mass is 31.2. The first-order valence-corrected chi connectivity index (χ1v) is 8.83. The Morgan fingerprint density at radius 3 is 2.05 bits per heavy atom. The quantitative estimate of drug-likeness (QED) is 0.417. The van der Waals surface area contributed by atoms with Gasteiger partial charge in [-0.15, -0.1) is 0 Å². The summed E-state index contributed by atoms with van der Waals surface area (Å²) >= 11 is 0. The largest absolute Gasteiger partial charge is 0.481 e. The van der Waals surface area contributed by atoms with Gasteiger partial charge in [-0.1, -0.05) is 33.1 Å². The summed E-state index contributed by atoms with van der Waals surface area (Å²) in [6, 6.07) is 0. The van der Waals surface area contributed by atoms with E-state index in [0.717, 1.165) is 25.7 Å². The first kappa shape index (κ1) is 22.4. The van der Waals surface area contributed by atoms with E-state index >= 15 is 0 Å². The lowest BCUT2D eigenvalue weighted by atomic mass is 10.1. The standard InChI is InChI=1S/C8H19O3P.C5H8O4/c1-3-5-6-7-8-12(9,10)11-4-2;1-3(5(8)9)2-4(6)7/h3-8H2,1-2H3,(H,9,10);3H,2H2,1H3,(H,6,7)(H,8,9). The molecule has 0 aromatic carbocycles. The molecular formula is C13H27O7P. The number of rotatable bonds is 10.